The molecule has 2 saturated carbocycles. The molecule has 8 nitrogen and oxygen atoms in total. The highest BCUT2D eigenvalue weighted by Gasteiger charge is 2.57. The molecule has 1 aromatic carbocycles. The highest BCUT2D eigenvalue weighted by atomic mass is 32.1. The molecule has 0 spiro atoms. The number of benzene rings is 1. The van der Waals surface area contributed by atoms with E-state index in [0.717, 1.165) is 84.5 Å². The Morgan fingerprint density at radius 1 is 1.15 bits per heavy atom. The molecule has 0 radical (unpaired) electrons. The summed E-state index contributed by atoms with van der Waals surface area (Å²) in [7, 11) is 1.65. The monoisotopic (exact) mass is 665 g/mol. The van der Waals surface area contributed by atoms with Crippen molar-refractivity contribution in [1.29, 1.82) is 0 Å². The molecule has 1 N–H and O–H groups in total. The molecule has 3 aliphatic rings. The van der Waals surface area contributed by atoms with E-state index in [0.29, 0.717) is 41.8 Å². The Hall–Kier alpha value is -2.78. The summed E-state index contributed by atoms with van der Waals surface area (Å²) < 4.78 is 6.99. The molecule has 2 fully saturated rings. The average Bonchev–Trinajstić information content (AvgIpc) is 3.57. The molecule has 3 aliphatic carbocycles. The number of carbonyl (C=O) groups excluding carboxylic acids is 2. The molecule has 1 heterocycles. The average molecular weight is 666 g/mol. The van der Waals surface area contributed by atoms with Crippen LogP contribution in [-0.2, 0) is 26.3 Å². The van der Waals surface area contributed by atoms with Crippen LogP contribution in [0.25, 0.3) is 0 Å². The van der Waals surface area contributed by atoms with Gasteiger partial charge in [0.25, 0.3) is 0 Å². The number of amides is 1. The molecule has 4 unspecified atom stereocenters. The first-order valence-corrected chi connectivity index (χ1v) is 18.6. The van der Waals surface area contributed by atoms with Crippen LogP contribution in [0.2, 0.25) is 0 Å². The smallest absolute Gasteiger partial charge is 0.367 e. The number of nitrogens with one attached hydrogen (secondary N) is 1. The number of hydrogen-bond acceptors (Lipinski definition) is 7. The van der Waals surface area contributed by atoms with E-state index in [2.05, 4.69) is 76.1 Å². The lowest BCUT2D eigenvalue weighted by Crippen LogP contribution is -2.51. The van der Waals surface area contributed by atoms with Crippen molar-refractivity contribution in [2.75, 3.05) is 38.6 Å². The van der Waals surface area contributed by atoms with Crippen molar-refractivity contribution < 1.29 is 23.6 Å². The third kappa shape index (κ3) is 7.17. The third-order valence-electron chi connectivity index (χ3n) is 12.0. The van der Waals surface area contributed by atoms with Crippen LogP contribution < -0.4 is 10.1 Å². The number of thiazole rings is 1. The number of ether oxygens (including phenoxy) is 1. The van der Waals surface area contributed by atoms with Crippen molar-refractivity contribution in [3.8, 4) is 5.75 Å². The van der Waals surface area contributed by atoms with E-state index < -0.39 is 0 Å². The van der Waals surface area contributed by atoms with Crippen molar-refractivity contribution >= 4 is 34.1 Å². The first-order valence-electron chi connectivity index (χ1n) is 17.8. The summed E-state index contributed by atoms with van der Waals surface area (Å²) in [5.41, 5.74) is 4.82. The molecule has 5 atom stereocenters. The number of hydrogen-bond donors (Lipinski definition) is 1. The minimum Gasteiger partial charge on any atom is -0.422 e. The second-order valence-corrected chi connectivity index (χ2v) is 16.8. The molecular formula is C38H57N4O4S+. The Kier molecular flexibility index (Phi) is 10.6. The summed E-state index contributed by atoms with van der Waals surface area (Å²) in [6, 6.07) is 4.58. The van der Waals surface area contributed by atoms with Gasteiger partial charge in [0.15, 0.2) is 11.7 Å². The first kappa shape index (κ1) is 35.5. The number of aryl methyl sites for hydroxylation is 2. The summed E-state index contributed by atoms with van der Waals surface area (Å²) in [5.74, 6) is 2.35. The van der Waals surface area contributed by atoms with Crippen molar-refractivity contribution in [3.05, 3.63) is 39.9 Å². The maximum Gasteiger partial charge on any atom is 0.367 e. The molecule has 2 aromatic rings. The van der Waals surface area contributed by atoms with E-state index in [1.807, 2.05) is 6.92 Å². The maximum atomic E-state index is 13.4. The predicted molar refractivity (Wildman–Crippen MR) is 190 cm³/mol. The van der Waals surface area contributed by atoms with Gasteiger partial charge in [0.2, 0.25) is 5.91 Å². The fourth-order valence-corrected chi connectivity index (χ4v) is 9.89. The zero-order valence-electron chi connectivity index (χ0n) is 30.2. The van der Waals surface area contributed by atoms with Crippen LogP contribution in [0.15, 0.2) is 23.5 Å². The lowest BCUT2D eigenvalue weighted by atomic mass is 9.53. The van der Waals surface area contributed by atoms with E-state index in [4.69, 9.17) is 9.57 Å². The Morgan fingerprint density at radius 2 is 1.87 bits per heavy atom. The van der Waals surface area contributed by atoms with Crippen LogP contribution in [0, 0.1) is 30.1 Å². The number of aromatic nitrogens is 1. The summed E-state index contributed by atoms with van der Waals surface area (Å²) in [4.78, 5) is 37.2. The minimum absolute atomic E-state index is 0.0317. The number of quaternary nitrogens is 1. The first-order chi connectivity index (χ1) is 22.3. The van der Waals surface area contributed by atoms with Gasteiger partial charge in [-0.2, -0.15) is 0 Å². The van der Waals surface area contributed by atoms with Gasteiger partial charge in [-0.05, 0) is 112 Å². The van der Waals surface area contributed by atoms with Crippen LogP contribution in [0.1, 0.15) is 114 Å². The van der Waals surface area contributed by atoms with Gasteiger partial charge in [0.1, 0.15) is 12.9 Å². The summed E-state index contributed by atoms with van der Waals surface area (Å²) in [6.07, 6.45) is 8.17. The Morgan fingerprint density at radius 3 is 2.49 bits per heavy atom. The number of nitrogens with zero attached hydrogens (tertiary/aromatic N) is 3. The van der Waals surface area contributed by atoms with Crippen LogP contribution >= 0.6 is 11.3 Å². The molecule has 9 heteroatoms. The largest absolute Gasteiger partial charge is 0.422 e. The summed E-state index contributed by atoms with van der Waals surface area (Å²) in [5, 5.41) is 8.28. The lowest BCUT2D eigenvalue weighted by Gasteiger charge is -2.50. The normalized spacial score (nSPS) is 26.4. The van der Waals surface area contributed by atoms with Crippen LogP contribution in [0.3, 0.4) is 0 Å². The quantitative estimate of drug-likeness (QED) is 0.114. The molecule has 0 saturated heterocycles. The Labute approximate surface area is 286 Å². The zero-order valence-corrected chi connectivity index (χ0v) is 31.0. The molecule has 0 aliphatic heterocycles. The zero-order chi connectivity index (χ0) is 34.1. The van der Waals surface area contributed by atoms with Gasteiger partial charge in [-0.15, -0.1) is 11.3 Å². The number of likely N-dealkylation sites (N-methyl/N-ethyl adjacent to an activating group) is 1. The van der Waals surface area contributed by atoms with Gasteiger partial charge in [0.05, 0.1) is 25.3 Å². The minimum atomic E-state index is -0.176. The molecule has 0 bridgehead atoms. The molecule has 47 heavy (non-hydrogen) atoms. The van der Waals surface area contributed by atoms with Gasteiger partial charge in [0, 0.05) is 28.5 Å². The van der Waals surface area contributed by atoms with Crippen molar-refractivity contribution in [2.24, 2.45) is 28.3 Å². The Bertz CT molecular complexity index is 1480. The van der Waals surface area contributed by atoms with Gasteiger partial charge in [-0.1, -0.05) is 38.9 Å². The Balaban J connectivity index is 1.41. The summed E-state index contributed by atoms with van der Waals surface area (Å²) in [6.45, 7) is 20.6. The van der Waals surface area contributed by atoms with E-state index in [1.54, 1.807) is 13.3 Å². The standard InChI is InChI=1S/C38H56N4O4S/c1-10-42(11-2,12-3)23-34(44)46-31-19-25-13-15-28-27(29(25)21-30(31)37(5,6)7)17-18-38(8)32(41-45-9)20-26(35(28)38)14-16-33(43)40-36-39-22-24(4)47-36/h19,21-22,26-28,35H,10-18,20,23H2,1-9H3/p+1/b41-32+/t26?,27?,28?,35?,38-/m1/s1. The fourth-order valence-electron chi connectivity index (χ4n) is 9.21. The van der Waals surface area contributed by atoms with E-state index >= 15 is 0 Å². The molecule has 5 rings (SSSR count). The van der Waals surface area contributed by atoms with E-state index in [-0.39, 0.29) is 22.7 Å². The van der Waals surface area contributed by atoms with Crippen molar-refractivity contribution in [1.82, 2.24) is 4.98 Å². The molecule has 1 aromatic heterocycles. The second-order valence-electron chi connectivity index (χ2n) is 15.6. The number of anilines is 1. The van der Waals surface area contributed by atoms with E-state index in [1.165, 1.54) is 22.5 Å². The van der Waals surface area contributed by atoms with Crippen LogP contribution in [0.5, 0.6) is 5.75 Å². The summed E-state index contributed by atoms with van der Waals surface area (Å²) >= 11 is 1.51. The number of esters is 1. The van der Waals surface area contributed by atoms with Gasteiger partial charge < -0.3 is 19.4 Å². The van der Waals surface area contributed by atoms with Crippen LogP contribution in [0.4, 0.5) is 5.13 Å². The lowest BCUT2D eigenvalue weighted by molar-refractivity contribution is -0.916. The second kappa shape index (κ2) is 14.0. The predicted octanol–water partition coefficient (Wildman–Crippen LogP) is 8.03. The number of fused-ring (bicyclic) bond motifs is 5. The maximum absolute atomic E-state index is 13.4. The van der Waals surface area contributed by atoms with Crippen molar-refractivity contribution in [3.63, 3.8) is 0 Å². The van der Waals surface area contributed by atoms with E-state index in [9.17, 15) is 9.59 Å². The van der Waals surface area contributed by atoms with Crippen molar-refractivity contribution in [2.45, 2.75) is 112 Å². The number of carbonyl (C=O) groups is 2. The highest BCUT2D eigenvalue weighted by Crippen LogP contribution is 2.63. The van der Waals surface area contributed by atoms with Gasteiger partial charge >= 0.3 is 5.97 Å². The number of oxime groups is 1. The van der Waals surface area contributed by atoms with Crippen LogP contribution in [-0.4, -0.2) is 60.3 Å². The topological polar surface area (TPSA) is 89.9 Å². The molecule has 1 amide bonds. The van der Waals surface area contributed by atoms with Gasteiger partial charge in [-0.3, -0.25) is 4.79 Å². The van der Waals surface area contributed by atoms with Gasteiger partial charge in [-0.25, -0.2) is 9.78 Å². The molecule has 258 valence electrons. The SMILES string of the molecule is CC[N+](CC)(CC)CC(=O)Oc1cc2c(cc1C(C)(C)C)C1CC[C@]3(C)/C(=N/OC)CC(CCC(=O)Nc4ncc(C)s4)C3C1CC2. The third-order valence-corrected chi connectivity index (χ3v) is 12.8. The highest BCUT2D eigenvalue weighted by molar-refractivity contribution is 7.15. The fraction of sp³-hybridized carbons (Fsp3) is 0.684. The molecular weight excluding hydrogens is 609 g/mol. The number of rotatable bonds is 11.